The number of nitrogens with one attached hydrogen (secondary N) is 1. The van der Waals surface area contributed by atoms with Crippen LogP contribution in [-0.4, -0.2) is 42.6 Å². The van der Waals surface area contributed by atoms with E-state index in [9.17, 15) is 14.4 Å². The van der Waals surface area contributed by atoms with Crippen LogP contribution in [0.25, 0.3) is 0 Å². The molecule has 1 fully saturated rings. The molecular formula is C10H15N3O3. The fourth-order valence-corrected chi connectivity index (χ4v) is 1.74. The van der Waals surface area contributed by atoms with Crippen LogP contribution in [0.4, 0.5) is 4.79 Å². The zero-order valence-electron chi connectivity index (χ0n) is 9.23. The summed E-state index contributed by atoms with van der Waals surface area (Å²) in [4.78, 5) is 37.2. The molecule has 0 bridgehead atoms. The highest BCUT2D eigenvalue weighted by Gasteiger charge is 2.24. The van der Waals surface area contributed by atoms with E-state index in [1.165, 1.54) is 6.08 Å². The highest BCUT2D eigenvalue weighted by molar-refractivity contribution is 5.79. The van der Waals surface area contributed by atoms with Crippen molar-refractivity contribution >= 4 is 17.9 Å². The van der Waals surface area contributed by atoms with E-state index in [0.717, 1.165) is 0 Å². The Hall–Kier alpha value is -1.68. The number of amides is 2. The van der Waals surface area contributed by atoms with Gasteiger partial charge < -0.3 is 10.2 Å². The molecule has 0 saturated carbocycles. The van der Waals surface area contributed by atoms with Crippen molar-refractivity contribution in [2.75, 3.05) is 19.8 Å². The summed E-state index contributed by atoms with van der Waals surface area (Å²) in [6.07, 6.45) is 2.76. The van der Waals surface area contributed by atoms with E-state index >= 15 is 0 Å². The van der Waals surface area contributed by atoms with Crippen LogP contribution >= 0.6 is 0 Å². The molecule has 0 radical (unpaired) electrons. The van der Waals surface area contributed by atoms with Gasteiger partial charge in [-0.05, 0) is 19.8 Å². The van der Waals surface area contributed by atoms with E-state index in [1.807, 2.05) is 0 Å². The molecule has 1 heterocycles. The molecule has 1 rings (SSSR count). The quantitative estimate of drug-likeness (QED) is 0.554. The van der Waals surface area contributed by atoms with E-state index in [-0.39, 0.29) is 24.4 Å². The molecule has 6 nitrogen and oxygen atoms in total. The fraction of sp³-hybridized carbons (Fsp3) is 0.700. The number of carbonyl (C=O) groups is 2. The Labute approximate surface area is 93.7 Å². The van der Waals surface area contributed by atoms with Crippen LogP contribution in [-0.2, 0) is 9.59 Å². The Morgan fingerprint density at radius 2 is 2.06 bits per heavy atom. The Balaban J connectivity index is 2.32. The van der Waals surface area contributed by atoms with Crippen LogP contribution in [0.5, 0.6) is 0 Å². The summed E-state index contributed by atoms with van der Waals surface area (Å²) in [5.74, 6) is 0.266. The average Bonchev–Trinajstić information content (AvgIpc) is 2.29. The number of urea groups is 1. The van der Waals surface area contributed by atoms with Crippen LogP contribution in [0.1, 0.15) is 19.8 Å². The summed E-state index contributed by atoms with van der Waals surface area (Å²) in [6.45, 7) is 2.68. The van der Waals surface area contributed by atoms with Crippen molar-refractivity contribution in [1.29, 1.82) is 0 Å². The molecule has 1 aliphatic rings. The smallest absolute Gasteiger partial charge is 0.318 e. The van der Waals surface area contributed by atoms with Gasteiger partial charge in [0.1, 0.15) is 12.5 Å². The molecular weight excluding hydrogens is 210 g/mol. The molecule has 88 valence electrons. The third-order valence-electron chi connectivity index (χ3n) is 2.73. The largest absolute Gasteiger partial charge is 0.325 e. The number of piperidine rings is 1. The SMILES string of the molecule is CC(=O)C1CCN(C(=O)NCN=C=O)CC1. The van der Waals surface area contributed by atoms with E-state index in [0.29, 0.717) is 25.9 Å². The van der Waals surface area contributed by atoms with Gasteiger partial charge in [0.25, 0.3) is 0 Å². The summed E-state index contributed by atoms with van der Waals surface area (Å²) in [6, 6.07) is -0.249. The first kappa shape index (κ1) is 12.4. The lowest BCUT2D eigenvalue weighted by molar-refractivity contribution is -0.121. The van der Waals surface area contributed by atoms with Crippen molar-refractivity contribution in [1.82, 2.24) is 10.2 Å². The van der Waals surface area contributed by atoms with E-state index < -0.39 is 0 Å². The molecule has 2 amide bonds. The van der Waals surface area contributed by atoms with Gasteiger partial charge in [0.15, 0.2) is 0 Å². The van der Waals surface area contributed by atoms with Gasteiger partial charge in [0.2, 0.25) is 6.08 Å². The maximum atomic E-state index is 11.5. The van der Waals surface area contributed by atoms with Gasteiger partial charge >= 0.3 is 6.03 Å². The number of hydrogen-bond acceptors (Lipinski definition) is 4. The molecule has 1 aliphatic heterocycles. The summed E-state index contributed by atoms with van der Waals surface area (Å²) >= 11 is 0. The highest BCUT2D eigenvalue weighted by atomic mass is 16.2. The summed E-state index contributed by atoms with van der Waals surface area (Å²) in [5.41, 5.74) is 0. The first-order chi connectivity index (χ1) is 7.65. The maximum Gasteiger partial charge on any atom is 0.318 e. The van der Waals surface area contributed by atoms with Crippen molar-refractivity contribution in [3.8, 4) is 0 Å². The summed E-state index contributed by atoms with van der Waals surface area (Å²) in [7, 11) is 0. The van der Waals surface area contributed by atoms with Crippen molar-refractivity contribution in [3.63, 3.8) is 0 Å². The molecule has 0 atom stereocenters. The minimum atomic E-state index is -0.249. The first-order valence-corrected chi connectivity index (χ1v) is 5.22. The third-order valence-corrected chi connectivity index (χ3v) is 2.73. The van der Waals surface area contributed by atoms with Gasteiger partial charge in [0, 0.05) is 19.0 Å². The van der Waals surface area contributed by atoms with Crippen LogP contribution in [0.2, 0.25) is 0 Å². The van der Waals surface area contributed by atoms with Crippen molar-refractivity contribution in [3.05, 3.63) is 0 Å². The highest BCUT2D eigenvalue weighted by Crippen LogP contribution is 2.17. The standard InChI is InChI=1S/C10H15N3O3/c1-8(15)9-2-4-13(5-3-9)10(16)12-6-11-7-14/h9H,2-6H2,1H3,(H,12,16). The number of hydrogen-bond donors (Lipinski definition) is 1. The normalized spacial score (nSPS) is 16.4. The second-order valence-electron chi connectivity index (χ2n) is 3.76. The molecule has 1 N–H and O–H groups in total. The zero-order valence-corrected chi connectivity index (χ0v) is 9.23. The monoisotopic (exact) mass is 225 g/mol. The molecule has 1 saturated heterocycles. The Morgan fingerprint density at radius 1 is 1.44 bits per heavy atom. The molecule has 0 aliphatic carbocycles. The number of Topliss-reactive ketones (excluding diaryl/α,β-unsaturated/α-hetero) is 1. The lowest BCUT2D eigenvalue weighted by Crippen LogP contribution is -2.45. The molecule has 0 unspecified atom stereocenters. The molecule has 0 aromatic rings. The second kappa shape index (κ2) is 6.02. The number of ketones is 1. The van der Waals surface area contributed by atoms with Crippen LogP contribution in [0.15, 0.2) is 4.99 Å². The van der Waals surface area contributed by atoms with Crippen LogP contribution in [0, 0.1) is 5.92 Å². The van der Waals surface area contributed by atoms with Gasteiger partial charge in [-0.3, -0.25) is 4.79 Å². The second-order valence-corrected chi connectivity index (χ2v) is 3.76. The predicted octanol–water partition coefficient (Wildman–Crippen LogP) is 0.290. The lowest BCUT2D eigenvalue weighted by Gasteiger charge is -2.30. The first-order valence-electron chi connectivity index (χ1n) is 5.22. The van der Waals surface area contributed by atoms with Crippen molar-refractivity contribution < 1.29 is 14.4 Å². The summed E-state index contributed by atoms with van der Waals surface area (Å²) < 4.78 is 0. The van der Waals surface area contributed by atoms with Gasteiger partial charge in [-0.2, -0.15) is 4.99 Å². The Kier molecular flexibility index (Phi) is 4.66. The average molecular weight is 225 g/mol. The Morgan fingerprint density at radius 3 is 2.56 bits per heavy atom. The van der Waals surface area contributed by atoms with Crippen molar-refractivity contribution in [2.24, 2.45) is 10.9 Å². The van der Waals surface area contributed by atoms with Gasteiger partial charge in [-0.25, -0.2) is 9.59 Å². The van der Waals surface area contributed by atoms with E-state index in [2.05, 4.69) is 10.3 Å². The number of rotatable bonds is 3. The minimum Gasteiger partial charge on any atom is -0.325 e. The predicted molar refractivity (Wildman–Crippen MR) is 56.5 cm³/mol. The maximum absolute atomic E-state index is 11.5. The topological polar surface area (TPSA) is 78.8 Å². The van der Waals surface area contributed by atoms with Crippen LogP contribution < -0.4 is 5.32 Å². The van der Waals surface area contributed by atoms with Crippen molar-refractivity contribution in [2.45, 2.75) is 19.8 Å². The minimum absolute atomic E-state index is 0.0467. The van der Waals surface area contributed by atoms with E-state index in [1.54, 1.807) is 11.8 Å². The molecule has 0 aromatic carbocycles. The summed E-state index contributed by atoms with van der Waals surface area (Å²) in [5, 5.41) is 2.47. The van der Waals surface area contributed by atoms with E-state index in [4.69, 9.17) is 0 Å². The molecule has 0 aromatic heterocycles. The number of isocyanates is 1. The van der Waals surface area contributed by atoms with Gasteiger partial charge in [-0.1, -0.05) is 0 Å². The third kappa shape index (κ3) is 3.47. The van der Waals surface area contributed by atoms with Gasteiger partial charge in [0.05, 0.1) is 0 Å². The Bertz CT molecular complexity index is 315. The number of nitrogens with zero attached hydrogens (tertiary/aromatic N) is 2. The fourth-order valence-electron chi connectivity index (χ4n) is 1.74. The lowest BCUT2D eigenvalue weighted by atomic mass is 9.94. The van der Waals surface area contributed by atoms with Crippen LogP contribution in [0.3, 0.4) is 0 Å². The molecule has 0 spiro atoms. The number of carbonyl (C=O) groups excluding carboxylic acids is 3. The number of aliphatic imine (C=N–C) groups is 1. The number of likely N-dealkylation sites (tertiary alicyclic amines) is 1. The molecule has 6 heteroatoms. The van der Waals surface area contributed by atoms with Gasteiger partial charge in [-0.15, -0.1) is 0 Å². The zero-order chi connectivity index (χ0) is 12.0. The molecule has 16 heavy (non-hydrogen) atoms.